The molecule has 3 rings (SSSR count). The molecule has 0 atom stereocenters. The summed E-state index contributed by atoms with van der Waals surface area (Å²) in [6.07, 6.45) is 5.27. The number of hydrogen-bond acceptors (Lipinski definition) is 2. The number of rotatable bonds is 4. The molecule has 25 heavy (non-hydrogen) atoms. The van der Waals surface area contributed by atoms with Gasteiger partial charge in [0, 0.05) is 22.8 Å². The first kappa shape index (κ1) is 18.0. The van der Waals surface area contributed by atoms with Crippen LogP contribution in [0.1, 0.15) is 47.2 Å². The zero-order valence-electron chi connectivity index (χ0n) is 14.7. The maximum absolute atomic E-state index is 12.4. The van der Waals surface area contributed by atoms with E-state index in [1.54, 1.807) is 6.07 Å². The Morgan fingerprint density at radius 1 is 1.04 bits per heavy atom. The molecule has 1 aliphatic heterocycles. The van der Waals surface area contributed by atoms with Crippen LogP contribution in [0.5, 0.6) is 0 Å². The van der Waals surface area contributed by atoms with Crippen molar-refractivity contribution in [1.29, 1.82) is 0 Å². The number of nitrogens with one attached hydrogen (secondary N) is 1. The van der Waals surface area contributed by atoms with Crippen LogP contribution in [0.4, 0.5) is 5.69 Å². The summed E-state index contributed by atoms with van der Waals surface area (Å²) in [4.78, 5) is 14.9. The normalized spacial score (nSPS) is 15.6. The molecule has 132 valence electrons. The average molecular weight is 357 g/mol. The summed E-state index contributed by atoms with van der Waals surface area (Å²) in [5, 5.41) is 3.56. The van der Waals surface area contributed by atoms with Gasteiger partial charge in [0.05, 0.1) is 0 Å². The van der Waals surface area contributed by atoms with Gasteiger partial charge in [-0.2, -0.15) is 0 Å². The van der Waals surface area contributed by atoms with Crippen molar-refractivity contribution in [3.63, 3.8) is 0 Å². The molecule has 1 N–H and O–H groups in total. The first-order chi connectivity index (χ1) is 12.1. The molecule has 0 radical (unpaired) electrons. The first-order valence-electron chi connectivity index (χ1n) is 9.00. The summed E-state index contributed by atoms with van der Waals surface area (Å²) < 4.78 is 0. The number of hydrogen-bond donors (Lipinski definition) is 1. The lowest BCUT2D eigenvalue weighted by Gasteiger charge is -2.19. The number of anilines is 1. The Hall–Kier alpha value is -1.84. The molecule has 0 bridgehead atoms. The molecule has 2 aromatic rings. The van der Waals surface area contributed by atoms with Crippen molar-refractivity contribution in [3.05, 3.63) is 64.2 Å². The van der Waals surface area contributed by atoms with Gasteiger partial charge >= 0.3 is 0 Å². The third-order valence-electron chi connectivity index (χ3n) is 4.75. The van der Waals surface area contributed by atoms with Crippen molar-refractivity contribution in [2.24, 2.45) is 0 Å². The van der Waals surface area contributed by atoms with Crippen molar-refractivity contribution in [1.82, 2.24) is 4.90 Å². The predicted molar refractivity (Wildman–Crippen MR) is 104 cm³/mol. The molecular weight excluding hydrogens is 332 g/mol. The molecule has 1 aliphatic rings. The molecule has 1 fully saturated rings. The second-order valence-corrected chi connectivity index (χ2v) is 7.21. The fraction of sp³-hybridized carbons (Fsp3) is 0.381. The van der Waals surface area contributed by atoms with E-state index >= 15 is 0 Å². The minimum absolute atomic E-state index is 0.110. The van der Waals surface area contributed by atoms with Crippen LogP contribution in [0.25, 0.3) is 0 Å². The van der Waals surface area contributed by atoms with Gasteiger partial charge < -0.3 is 5.32 Å². The van der Waals surface area contributed by atoms with Gasteiger partial charge in [0.15, 0.2) is 0 Å². The second-order valence-electron chi connectivity index (χ2n) is 6.81. The largest absolute Gasteiger partial charge is 0.322 e. The highest BCUT2D eigenvalue weighted by Crippen LogP contribution is 2.21. The molecule has 1 amide bonds. The van der Waals surface area contributed by atoms with Gasteiger partial charge in [0.2, 0.25) is 0 Å². The molecule has 2 aromatic carbocycles. The van der Waals surface area contributed by atoms with Gasteiger partial charge in [-0.25, -0.2) is 0 Å². The van der Waals surface area contributed by atoms with Crippen LogP contribution in [0.15, 0.2) is 42.5 Å². The highest BCUT2D eigenvalue weighted by molar-refractivity contribution is 6.31. The second kappa shape index (κ2) is 8.50. The zero-order valence-corrected chi connectivity index (χ0v) is 15.5. The Bertz CT molecular complexity index is 719. The van der Waals surface area contributed by atoms with E-state index in [0.29, 0.717) is 16.3 Å². The average Bonchev–Trinajstić information content (AvgIpc) is 2.87. The molecule has 1 saturated heterocycles. The van der Waals surface area contributed by atoms with E-state index in [1.807, 2.05) is 31.2 Å². The molecule has 4 heteroatoms. The molecule has 0 unspecified atom stereocenters. The van der Waals surface area contributed by atoms with Gasteiger partial charge in [-0.15, -0.1) is 0 Å². The van der Waals surface area contributed by atoms with Crippen molar-refractivity contribution in [2.45, 2.75) is 39.2 Å². The maximum atomic E-state index is 12.4. The Morgan fingerprint density at radius 3 is 2.36 bits per heavy atom. The summed E-state index contributed by atoms with van der Waals surface area (Å²) in [6, 6.07) is 13.5. The van der Waals surface area contributed by atoms with Crippen LogP contribution < -0.4 is 5.32 Å². The quantitative estimate of drug-likeness (QED) is 0.808. The maximum Gasteiger partial charge on any atom is 0.255 e. The van der Waals surface area contributed by atoms with E-state index in [1.165, 1.54) is 44.3 Å². The molecule has 3 nitrogen and oxygen atoms in total. The minimum Gasteiger partial charge on any atom is -0.322 e. The number of carbonyl (C=O) groups is 1. The van der Waals surface area contributed by atoms with E-state index in [9.17, 15) is 4.79 Å². The Kier molecular flexibility index (Phi) is 6.11. The lowest BCUT2D eigenvalue weighted by molar-refractivity contribution is 0.102. The fourth-order valence-electron chi connectivity index (χ4n) is 3.19. The molecule has 0 saturated carbocycles. The zero-order chi connectivity index (χ0) is 17.6. The molecule has 0 spiro atoms. The van der Waals surface area contributed by atoms with Crippen LogP contribution in [0.2, 0.25) is 5.02 Å². The lowest BCUT2D eigenvalue weighted by atomic mass is 10.1. The first-order valence-corrected chi connectivity index (χ1v) is 9.38. The van der Waals surface area contributed by atoms with Crippen LogP contribution in [-0.4, -0.2) is 23.9 Å². The number of aryl methyl sites for hydroxylation is 1. The third kappa shape index (κ3) is 5.07. The van der Waals surface area contributed by atoms with Crippen molar-refractivity contribution < 1.29 is 4.79 Å². The summed E-state index contributed by atoms with van der Waals surface area (Å²) in [6.45, 7) is 5.26. The molecule has 1 heterocycles. The van der Waals surface area contributed by atoms with E-state index in [2.05, 4.69) is 22.3 Å². The number of benzene rings is 2. The Balaban J connectivity index is 1.60. The number of nitrogens with zero attached hydrogens (tertiary/aromatic N) is 1. The van der Waals surface area contributed by atoms with E-state index in [-0.39, 0.29) is 5.91 Å². The van der Waals surface area contributed by atoms with E-state index < -0.39 is 0 Å². The highest BCUT2D eigenvalue weighted by atomic mass is 35.5. The van der Waals surface area contributed by atoms with Crippen molar-refractivity contribution in [2.75, 3.05) is 18.4 Å². The topological polar surface area (TPSA) is 32.3 Å². The Labute approximate surface area is 155 Å². The van der Waals surface area contributed by atoms with Crippen molar-refractivity contribution >= 4 is 23.2 Å². The number of carbonyl (C=O) groups excluding carboxylic acids is 1. The SMILES string of the molecule is Cc1ccc(NC(=O)c2ccc(CN3CCCCCC3)cc2)cc1Cl. The number of likely N-dealkylation sites (tertiary alicyclic amines) is 1. The van der Waals surface area contributed by atoms with Crippen molar-refractivity contribution in [3.8, 4) is 0 Å². The van der Waals surface area contributed by atoms with Gasteiger partial charge in [0.25, 0.3) is 5.91 Å². The van der Waals surface area contributed by atoms with E-state index in [0.717, 1.165) is 12.1 Å². The summed E-state index contributed by atoms with van der Waals surface area (Å²) >= 11 is 6.11. The summed E-state index contributed by atoms with van der Waals surface area (Å²) in [5.74, 6) is -0.110. The third-order valence-corrected chi connectivity index (χ3v) is 5.16. The number of halogens is 1. The molecular formula is C21H25ClN2O. The predicted octanol–water partition coefficient (Wildman–Crippen LogP) is 5.28. The van der Waals surface area contributed by atoms with Gasteiger partial charge in [-0.1, -0.05) is 42.6 Å². The number of amides is 1. The molecule has 0 aliphatic carbocycles. The van der Waals surface area contributed by atoms with Gasteiger partial charge in [-0.3, -0.25) is 9.69 Å². The Morgan fingerprint density at radius 2 is 1.72 bits per heavy atom. The van der Waals surface area contributed by atoms with Gasteiger partial charge in [-0.05, 0) is 68.2 Å². The van der Waals surface area contributed by atoms with Crippen LogP contribution >= 0.6 is 11.6 Å². The highest BCUT2D eigenvalue weighted by Gasteiger charge is 2.11. The lowest BCUT2D eigenvalue weighted by Crippen LogP contribution is -2.24. The fourth-order valence-corrected chi connectivity index (χ4v) is 3.37. The smallest absolute Gasteiger partial charge is 0.255 e. The summed E-state index contributed by atoms with van der Waals surface area (Å²) in [5.41, 5.74) is 3.64. The monoisotopic (exact) mass is 356 g/mol. The van der Waals surface area contributed by atoms with Crippen LogP contribution in [0.3, 0.4) is 0 Å². The van der Waals surface area contributed by atoms with Crippen LogP contribution in [0, 0.1) is 6.92 Å². The molecule has 0 aromatic heterocycles. The standard InChI is InChI=1S/C21H25ClN2O/c1-16-6-11-19(14-20(16)22)23-21(25)18-9-7-17(8-10-18)15-24-12-4-2-3-5-13-24/h6-11,14H,2-5,12-13,15H2,1H3,(H,23,25). The van der Waals surface area contributed by atoms with Crippen LogP contribution in [-0.2, 0) is 6.54 Å². The van der Waals surface area contributed by atoms with E-state index in [4.69, 9.17) is 11.6 Å². The summed E-state index contributed by atoms with van der Waals surface area (Å²) in [7, 11) is 0. The minimum atomic E-state index is -0.110. The van der Waals surface area contributed by atoms with Gasteiger partial charge in [0.1, 0.15) is 0 Å².